The first-order valence-electron chi connectivity index (χ1n) is 5.89. The third kappa shape index (κ3) is 5.56. The van der Waals surface area contributed by atoms with Crippen LogP contribution in [-0.4, -0.2) is 30.3 Å². The van der Waals surface area contributed by atoms with Crippen LogP contribution in [-0.2, 0) is 14.3 Å². The van der Waals surface area contributed by atoms with Crippen molar-refractivity contribution in [3.8, 4) is 0 Å². The monoisotopic (exact) mass is 243 g/mol. The van der Waals surface area contributed by atoms with Crippen LogP contribution in [0.1, 0.15) is 40.5 Å². The lowest BCUT2D eigenvalue weighted by molar-refractivity contribution is -0.143. The Hall–Kier alpha value is -1.26. The molecule has 0 spiro atoms. The molecule has 0 aromatic carbocycles. The number of nitrogens with one attached hydrogen (secondary N) is 1. The second-order valence-electron chi connectivity index (χ2n) is 5.48. The van der Waals surface area contributed by atoms with Gasteiger partial charge in [-0.15, -0.1) is 0 Å². The fraction of sp³-hybridized carbons (Fsp3) is 0.833. The molecule has 0 aliphatic heterocycles. The molecule has 1 aliphatic rings. The Labute approximate surface area is 102 Å². The van der Waals surface area contributed by atoms with Crippen LogP contribution in [0.3, 0.4) is 0 Å². The van der Waals surface area contributed by atoms with Gasteiger partial charge in [0.25, 0.3) is 0 Å². The lowest BCUT2D eigenvalue weighted by Crippen LogP contribution is -2.47. The third-order valence-corrected chi connectivity index (χ3v) is 2.48. The summed E-state index contributed by atoms with van der Waals surface area (Å²) >= 11 is 0. The molecule has 1 rings (SSSR count). The van der Waals surface area contributed by atoms with Crippen LogP contribution in [0.25, 0.3) is 0 Å². The number of ether oxygens (including phenoxy) is 2. The molecule has 17 heavy (non-hydrogen) atoms. The van der Waals surface area contributed by atoms with Gasteiger partial charge in [-0.25, -0.2) is 4.79 Å². The van der Waals surface area contributed by atoms with Crippen molar-refractivity contribution < 1.29 is 19.1 Å². The van der Waals surface area contributed by atoms with Gasteiger partial charge in [0.1, 0.15) is 5.60 Å². The molecule has 0 aromatic heterocycles. The van der Waals surface area contributed by atoms with E-state index in [1.807, 2.05) is 20.8 Å². The second-order valence-corrected chi connectivity index (χ2v) is 5.48. The van der Waals surface area contributed by atoms with Crippen molar-refractivity contribution in [1.29, 1.82) is 0 Å². The summed E-state index contributed by atoms with van der Waals surface area (Å²) in [5.41, 5.74) is -0.467. The third-order valence-electron chi connectivity index (χ3n) is 2.48. The summed E-state index contributed by atoms with van der Waals surface area (Å²) in [5.74, 6) is 0.104. The van der Waals surface area contributed by atoms with Gasteiger partial charge in [0.2, 0.25) is 0 Å². The average molecular weight is 243 g/mol. The van der Waals surface area contributed by atoms with E-state index >= 15 is 0 Å². The Balaban J connectivity index is 2.13. The van der Waals surface area contributed by atoms with E-state index < -0.39 is 5.60 Å². The van der Waals surface area contributed by atoms with E-state index in [1.165, 1.54) is 6.92 Å². The maximum atomic E-state index is 11.4. The topological polar surface area (TPSA) is 64.6 Å². The SMILES string of the molecule is CC(=O)OCC1CC(NC(=O)OC(C)(C)C)C1. The minimum Gasteiger partial charge on any atom is -0.466 e. The quantitative estimate of drug-likeness (QED) is 0.768. The highest BCUT2D eigenvalue weighted by Crippen LogP contribution is 2.27. The van der Waals surface area contributed by atoms with Gasteiger partial charge in [0.05, 0.1) is 6.61 Å². The molecule has 0 atom stereocenters. The Morgan fingerprint density at radius 2 is 1.88 bits per heavy atom. The molecular formula is C12H21NO4. The Morgan fingerprint density at radius 1 is 1.29 bits per heavy atom. The van der Waals surface area contributed by atoms with Crippen LogP contribution in [0, 0.1) is 5.92 Å². The predicted molar refractivity (Wildman–Crippen MR) is 62.5 cm³/mol. The molecule has 0 unspecified atom stereocenters. The van der Waals surface area contributed by atoms with E-state index in [1.54, 1.807) is 0 Å². The van der Waals surface area contributed by atoms with E-state index in [-0.39, 0.29) is 18.1 Å². The van der Waals surface area contributed by atoms with Crippen molar-refractivity contribution in [2.24, 2.45) is 5.92 Å². The van der Waals surface area contributed by atoms with E-state index in [0.717, 1.165) is 12.8 Å². The molecule has 1 fully saturated rings. The van der Waals surface area contributed by atoms with Crippen LogP contribution in [0.4, 0.5) is 4.79 Å². The minimum absolute atomic E-state index is 0.144. The first-order valence-corrected chi connectivity index (χ1v) is 5.89. The molecule has 1 aliphatic carbocycles. The summed E-state index contributed by atoms with van der Waals surface area (Å²) in [4.78, 5) is 22.0. The average Bonchev–Trinajstić information content (AvgIpc) is 2.04. The number of amides is 1. The molecule has 0 saturated heterocycles. The molecule has 1 saturated carbocycles. The van der Waals surface area contributed by atoms with Crippen molar-refractivity contribution in [2.75, 3.05) is 6.61 Å². The zero-order valence-electron chi connectivity index (χ0n) is 10.9. The Bertz CT molecular complexity index is 289. The minimum atomic E-state index is -0.467. The van der Waals surface area contributed by atoms with Gasteiger partial charge in [-0.05, 0) is 39.5 Å². The van der Waals surface area contributed by atoms with Crippen molar-refractivity contribution in [1.82, 2.24) is 5.32 Å². The lowest BCUT2D eigenvalue weighted by Gasteiger charge is -2.35. The van der Waals surface area contributed by atoms with Gasteiger partial charge < -0.3 is 14.8 Å². The summed E-state index contributed by atoms with van der Waals surface area (Å²) in [7, 11) is 0. The molecule has 0 aromatic rings. The van der Waals surface area contributed by atoms with E-state index in [0.29, 0.717) is 12.5 Å². The maximum absolute atomic E-state index is 11.4. The summed E-state index contributed by atoms with van der Waals surface area (Å²) in [6.07, 6.45) is 1.30. The largest absolute Gasteiger partial charge is 0.466 e. The van der Waals surface area contributed by atoms with E-state index in [9.17, 15) is 9.59 Å². The number of alkyl carbamates (subject to hydrolysis) is 1. The van der Waals surface area contributed by atoms with E-state index in [2.05, 4.69) is 5.32 Å². The first-order chi connectivity index (χ1) is 7.76. The zero-order valence-corrected chi connectivity index (χ0v) is 10.9. The summed E-state index contributed by atoms with van der Waals surface area (Å²) in [6, 6.07) is 0.144. The Morgan fingerprint density at radius 3 is 2.35 bits per heavy atom. The maximum Gasteiger partial charge on any atom is 0.407 e. The summed E-state index contributed by atoms with van der Waals surface area (Å²) in [6.45, 7) is 7.33. The van der Waals surface area contributed by atoms with Crippen molar-refractivity contribution >= 4 is 12.1 Å². The van der Waals surface area contributed by atoms with Crippen LogP contribution in [0.5, 0.6) is 0 Å². The van der Waals surface area contributed by atoms with Gasteiger partial charge in [0.15, 0.2) is 0 Å². The standard InChI is InChI=1S/C12H21NO4/c1-8(14)16-7-9-5-10(6-9)13-11(15)17-12(2,3)4/h9-10H,5-7H2,1-4H3,(H,13,15). The molecule has 5 heteroatoms. The molecule has 0 heterocycles. The normalized spacial score (nSPS) is 23.5. The highest BCUT2D eigenvalue weighted by molar-refractivity contribution is 5.68. The number of hydrogen-bond acceptors (Lipinski definition) is 4. The molecule has 0 bridgehead atoms. The molecule has 5 nitrogen and oxygen atoms in total. The van der Waals surface area contributed by atoms with Gasteiger partial charge in [-0.2, -0.15) is 0 Å². The fourth-order valence-electron chi connectivity index (χ4n) is 1.70. The molecule has 98 valence electrons. The van der Waals surface area contributed by atoms with Crippen LogP contribution in [0.15, 0.2) is 0 Å². The summed E-state index contributed by atoms with van der Waals surface area (Å²) < 4.78 is 10.0. The smallest absolute Gasteiger partial charge is 0.407 e. The van der Waals surface area contributed by atoms with Gasteiger partial charge in [0, 0.05) is 13.0 Å². The lowest BCUT2D eigenvalue weighted by atomic mass is 9.81. The van der Waals surface area contributed by atoms with Crippen LogP contribution >= 0.6 is 0 Å². The Kier molecular flexibility index (Phi) is 4.37. The van der Waals surface area contributed by atoms with Gasteiger partial charge >= 0.3 is 12.1 Å². The summed E-state index contributed by atoms with van der Waals surface area (Å²) in [5, 5.41) is 2.79. The number of hydrogen-bond donors (Lipinski definition) is 1. The molecule has 0 radical (unpaired) electrons. The number of carbonyl (C=O) groups is 2. The fourth-order valence-corrected chi connectivity index (χ4v) is 1.70. The number of rotatable bonds is 3. The zero-order chi connectivity index (χ0) is 13.1. The highest BCUT2D eigenvalue weighted by Gasteiger charge is 2.32. The first kappa shape index (κ1) is 13.8. The van der Waals surface area contributed by atoms with E-state index in [4.69, 9.17) is 9.47 Å². The number of carbonyl (C=O) groups excluding carboxylic acids is 2. The number of esters is 1. The van der Waals surface area contributed by atoms with Crippen molar-refractivity contribution in [3.05, 3.63) is 0 Å². The van der Waals surface area contributed by atoms with Crippen molar-refractivity contribution in [3.63, 3.8) is 0 Å². The molecular weight excluding hydrogens is 222 g/mol. The van der Waals surface area contributed by atoms with Crippen LogP contribution in [0.2, 0.25) is 0 Å². The molecule has 1 N–H and O–H groups in total. The second kappa shape index (κ2) is 5.38. The predicted octanol–water partition coefficient (Wildman–Crippen LogP) is 1.85. The van der Waals surface area contributed by atoms with Gasteiger partial charge in [-0.1, -0.05) is 0 Å². The van der Waals surface area contributed by atoms with Crippen LogP contribution < -0.4 is 5.32 Å². The van der Waals surface area contributed by atoms with Crippen molar-refractivity contribution in [2.45, 2.75) is 52.2 Å². The highest BCUT2D eigenvalue weighted by atomic mass is 16.6. The van der Waals surface area contributed by atoms with Gasteiger partial charge in [-0.3, -0.25) is 4.79 Å². The molecule has 1 amide bonds.